The molecule has 0 aliphatic carbocycles. The van der Waals surface area contributed by atoms with Crippen LogP contribution in [0.1, 0.15) is 39.5 Å². The van der Waals surface area contributed by atoms with Gasteiger partial charge in [0.2, 0.25) is 0 Å². The van der Waals surface area contributed by atoms with Crippen molar-refractivity contribution in [2.75, 3.05) is 11.9 Å². The van der Waals surface area contributed by atoms with E-state index < -0.39 is 0 Å². The Labute approximate surface area is 120 Å². The second kappa shape index (κ2) is 7.12. The van der Waals surface area contributed by atoms with E-state index in [1.807, 2.05) is 15.6 Å². The van der Waals surface area contributed by atoms with Crippen LogP contribution < -0.4 is 5.32 Å². The van der Waals surface area contributed by atoms with Crippen molar-refractivity contribution in [1.29, 1.82) is 0 Å². The van der Waals surface area contributed by atoms with Gasteiger partial charge in [-0.25, -0.2) is 9.48 Å². The molecule has 1 aromatic heterocycles. The Morgan fingerprint density at radius 2 is 2.30 bits per heavy atom. The largest absolute Gasteiger partial charge is 0.323 e. The van der Waals surface area contributed by atoms with Crippen LogP contribution in [0.25, 0.3) is 0 Å². The van der Waals surface area contributed by atoms with Gasteiger partial charge < -0.3 is 4.90 Å². The normalized spacial score (nSPS) is 17.7. The zero-order valence-electron chi connectivity index (χ0n) is 12.4. The van der Waals surface area contributed by atoms with Crippen LogP contribution in [0.3, 0.4) is 0 Å². The summed E-state index contributed by atoms with van der Waals surface area (Å²) in [5.41, 5.74) is 0. The number of urea groups is 1. The molecule has 0 aromatic carbocycles. The van der Waals surface area contributed by atoms with E-state index in [-0.39, 0.29) is 12.1 Å². The van der Waals surface area contributed by atoms with E-state index in [4.69, 9.17) is 0 Å². The van der Waals surface area contributed by atoms with E-state index in [9.17, 15) is 4.79 Å². The monoisotopic (exact) mass is 276 g/mol. The summed E-state index contributed by atoms with van der Waals surface area (Å²) in [6.45, 7) is 5.78. The first-order valence-corrected chi connectivity index (χ1v) is 7.52. The van der Waals surface area contributed by atoms with E-state index in [0.717, 1.165) is 38.0 Å². The SMILES string of the molecule is CCCCC1C=CCN1C(=O)Nc1ccnn1CCC. The molecule has 1 aromatic rings. The highest BCUT2D eigenvalue weighted by molar-refractivity contribution is 5.89. The van der Waals surface area contributed by atoms with Crippen LogP contribution in [0.15, 0.2) is 24.4 Å². The molecule has 0 bridgehead atoms. The highest BCUT2D eigenvalue weighted by Crippen LogP contribution is 2.18. The third-order valence-electron chi connectivity index (χ3n) is 3.56. The third-order valence-corrected chi connectivity index (χ3v) is 3.56. The fourth-order valence-corrected chi connectivity index (χ4v) is 2.48. The van der Waals surface area contributed by atoms with Crippen LogP contribution in [0.5, 0.6) is 0 Å². The number of nitrogens with zero attached hydrogens (tertiary/aromatic N) is 3. The number of aromatic nitrogens is 2. The summed E-state index contributed by atoms with van der Waals surface area (Å²) >= 11 is 0. The summed E-state index contributed by atoms with van der Waals surface area (Å²) in [7, 11) is 0. The van der Waals surface area contributed by atoms with Gasteiger partial charge in [-0.15, -0.1) is 0 Å². The summed E-state index contributed by atoms with van der Waals surface area (Å²) in [5.74, 6) is 0.776. The highest BCUT2D eigenvalue weighted by atomic mass is 16.2. The number of hydrogen-bond acceptors (Lipinski definition) is 2. The van der Waals surface area contributed by atoms with Gasteiger partial charge in [0.15, 0.2) is 0 Å². The first-order chi connectivity index (χ1) is 9.76. The molecule has 1 aliphatic heterocycles. The zero-order valence-corrected chi connectivity index (χ0v) is 12.4. The number of unbranched alkanes of at least 4 members (excludes halogenated alkanes) is 1. The minimum Gasteiger partial charge on any atom is -0.314 e. The molecule has 5 nitrogen and oxygen atoms in total. The molecule has 2 rings (SSSR count). The van der Waals surface area contributed by atoms with Gasteiger partial charge in [-0.2, -0.15) is 5.10 Å². The summed E-state index contributed by atoms with van der Waals surface area (Å²) in [6, 6.07) is 2.05. The van der Waals surface area contributed by atoms with Crippen LogP contribution in [-0.4, -0.2) is 33.3 Å². The Kier molecular flexibility index (Phi) is 5.21. The molecule has 5 heteroatoms. The van der Waals surface area contributed by atoms with Crippen molar-refractivity contribution in [3.63, 3.8) is 0 Å². The maximum atomic E-state index is 12.4. The Bertz CT molecular complexity index is 466. The van der Waals surface area contributed by atoms with E-state index in [1.54, 1.807) is 6.20 Å². The van der Waals surface area contributed by atoms with E-state index in [2.05, 4.69) is 36.4 Å². The van der Waals surface area contributed by atoms with Crippen molar-refractivity contribution in [1.82, 2.24) is 14.7 Å². The van der Waals surface area contributed by atoms with Gasteiger partial charge in [0.1, 0.15) is 5.82 Å². The molecular weight excluding hydrogens is 252 g/mol. The zero-order chi connectivity index (χ0) is 14.4. The molecule has 0 radical (unpaired) electrons. The number of nitrogens with one attached hydrogen (secondary N) is 1. The maximum absolute atomic E-state index is 12.4. The van der Waals surface area contributed by atoms with Gasteiger partial charge >= 0.3 is 6.03 Å². The lowest BCUT2D eigenvalue weighted by Crippen LogP contribution is -2.39. The summed E-state index contributed by atoms with van der Waals surface area (Å²) in [5, 5.41) is 7.19. The number of carbonyl (C=O) groups excluding carboxylic acids is 1. The second-order valence-electron chi connectivity index (χ2n) is 5.16. The van der Waals surface area contributed by atoms with E-state index >= 15 is 0 Å². The van der Waals surface area contributed by atoms with Gasteiger partial charge in [0, 0.05) is 19.2 Å². The fraction of sp³-hybridized carbons (Fsp3) is 0.600. The lowest BCUT2D eigenvalue weighted by molar-refractivity contribution is 0.207. The second-order valence-corrected chi connectivity index (χ2v) is 5.16. The number of aryl methyl sites for hydroxylation is 1. The van der Waals surface area contributed by atoms with Crippen molar-refractivity contribution >= 4 is 11.8 Å². The Balaban J connectivity index is 1.95. The molecule has 20 heavy (non-hydrogen) atoms. The average molecular weight is 276 g/mol. The molecule has 0 fully saturated rings. The third kappa shape index (κ3) is 3.40. The quantitative estimate of drug-likeness (QED) is 0.811. The number of hydrogen-bond donors (Lipinski definition) is 1. The molecule has 0 spiro atoms. The number of anilines is 1. The molecule has 0 saturated carbocycles. The van der Waals surface area contributed by atoms with E-state index in [1.165, 1.54) is 0 Å². The molecule has 1 aliphatic rings. The van der Waals surface area contributed by atoms with Gasteiger partial charge in [-0.05, 0) is 12.8 Å². The molecular formula is C15H24N4O. The Hall–Kier alpha value is -1.78. The smallest absolute Gasteiger partial charge is 0.314 e. The molecule has 110 valence electrons. The number of carbonyl (C=O) groups is 1. The Morgan fingerprint density at radius 1 is 1.45 bits per heavy atom. The van der Waals surface area contributed by atoms with Crippen molar-refractivity contribution in [3.05, 3.63) is 24.4 Å². The van der Waals surface area contributed by atoms with Gasteiger partial charge in [0.05, 0.1) is 12.2 Å². The summed E-state index contributed by atoms with van der Waals surface area (Å²) in [6.07, 6.45) is 10.3. The van der Waals surface area contributed by atoms with Crippen molar-refractivity contribution in [3.8, 4) is 0 Å². The van der Waals surface area contributed by atoms with Crippen LogP contribution in [0.2, 0.25) is 0 Å². The Morgan fingerprint density at radius 3 is 3.05 bits per heavy atom. The number of amides is 2. The lowest BCUT2D eigenvalue weighted by Gasteiger charge is -2.25. The lowest BCUT2D eigenvalue weighted by atomic mass is 10.1. The molecule has 1 unspecified atom stereocenters. The standard InChI is InChI=1S/C15H24N4O/c1-3-5-7-13-8-6-12-18(13)15(20)17-14-9-10-16-19(14)11-4-2/h6,8-10,13H,3-5,7,11-12H2,1-2H3,(H,17,20). The maximum Gasteiger partial charge on any atom is 0.323 e. The molecule has 2 heterocycles. The molecule has 2 amide bonds. The van der Waals surface area contributed by atoms with Crippen molar-refractivity contribution < 1.29 is 4.79 Å². The van der Waals surface area contributed by atoms with Crippen molar-refractivity contribution in [2.24, 2.45) is 0 Å². The van der Waals surface area contributed by atoms with Crippen LogP contribution in [0, 0.1) is 0 Å². The topological polar surface area (TPSA) is 50.2 Å². The van der Waals surface area contributed by atoms with E-state index in [0.29, 0.717) is 6.54 Å². The van der Waals surface area contributed by atoms with Crippen LogP contribution in [-0.2, 0) is 6.54 Å². The molecule has 1 atom stereocenters. The summed E-state index contributed by atoms with van der Waals surface area (Å²) in [4.78, 5) is 14.3. The predicted octanol–water partition coefficient (Wildman–Crippen LogP) is 3.26. The van der Waals surface area contributed by atoms with Gasteiger partial charge in [0.25, 0.3) is 0 Å². The minimum atomic E-state index is -0.0334. The van der Waals surface area contributed by atoms with Gasteiger partial charge in [-0.1, -0.05) is 38.8 Å². The van der Waals surface area contributed by atoms with Crippen molar-refractivity contribution in [2.45, 2.75) is 52.1 Å². The summed E-state index contributed by atoms with van der Waals surface area (Å²) < 4.78 is 1.84. The first kappa shape index (κ1) is 14.6. The number of rotatable bonds is 6. The predicted molar refractivity (Wildman–Crippen MR) is 80.7 cm³/mol. The van der Waals surface area contributed by atoms with Gasteiger partial charge in [-0.3, -0.25) is 5.32 Å². The molecule has 1 N–H and O–H groups in total. The van der Waals surface area contributed by atoms with Crippen LogP contribution >= 0.6 is 0 Å². The fourth-order valence-electron chi connectivity index (χ4n) is 2.48. The minimum absolute atomic E-state index is 0.0334. The highest BCUT2D eigenvalue weighted by Gasteiger charge is 2.24. The average Bonchev–Trinajstić information content (AvgIpc) is 3.06. The van der Waals surface area contributed by atoms with Crippen LogP contribution in [0.4, 0.5) is 10.6 Å². The first-order valence-electron chi connectivity index (χ1n) is 7.52. The molecule has 0 saturated heterocycles.